The summed E-state index contributed by atoms with van der Waals surface area (Å²) in [6.45, 7) is 4.47. The molecule has 0 aliphatic rings. The number of carbonyl (C=O) groups is 1. The molecule has 0 aliphatic carbocycles. The smallest absolute Gasteiger partial charge is 0.229 e. The van der Waals surface area contributed by atoms with E-state index in [1.807, 2.05) is 45.2 Å². The molecule has 0 heterocycles. The van der Waals surface area contributed by atoms with E-state index < -0.39 is 0 Å². The molecule has 1 aromatic carbocycles. The second-order valence-corrected chi connectivity index (χ2v) is 4.08. The van der Waals surface area contributed by atoms with E-state index in [0.717, 1.165) is 17.7 Å². The fraction of sp³-hybridized carbons (Fsp3) is 0.462. The van der Waals surface area contributed by atoms with E-state index in [1.54, 1.807) is 4.90 Å². The minimum absolute atomic E-state index is 0.0616. The van der Waals surface area contributed by atoms with Crippen LogP contribution in [0.1, 0.15) is 25.8 Å². The van der Waals surface area contributed by atoms with E-state index in [2.05, 4.69) is 0 Å². The molecule has 1 aromatic rings. The monoisotopic (exact) mass is 220 g/mol. The second kappa shape index (κ2) is 5.66. The second-order valence-electron chi connectivity index (χ2n) is 4.08. The highest BCUT2D eigenvalue weighted by Crippen LogP contribution is 2.17. The van der Waals surface area contributed by atoms with Gasteiger partial charge in [0, 0.05) is 25.2 Å². The number of benzene rings is 1. The predicted molar refractivity (Wildman–Crippen MR) is 67.2 cm³/mol. The van der Waals surface area contributed by atoms with Crippen molar-refractivity contribution in [2.75, 3.05) is 11.9 Å². The third-order valence-corrected chi connectivity index (χ3v) is 2.90. The molecule has 1 rings (SSSR count). The highest BCUT2D eigenvalue weighted by Gasteiger charge is 2.16. The molecule has 0 bridgehead atoms. The first-order chi connectivity index (χ1) is 7.60. The van der Waals surface area contributed by atoms with E-state index in [0.29, 0.717) is 6.54 Å². The van der Waals surface area contributed by atoms with E-state index in [-0.39, 0.29) is 11.8 Å². The number of anilines is 1. The topological polar surface area (TPSA) is 46.3 Å². The maximum Gasteiger partial charge on any atom is 0.229 e. The number of carbonyl (C=O) groups excluding carboxylic acids is 1. The van der Waals surface area contributed by atoms with E-state index in [9.17, 15) is 4.79 Å². The molecule has 1 atom stereocenters. The molecular weight excluding hydrogens is 200 g/mol. The normalized spacial score (nSPS) is 12.2. The molecule has 2 N–H and O–H groups in total. The van der Waals surface area contributed by atoms with Crippen molar-refractivity contribution in [1.29, 1.82) is 0 Å². The summed E-state index contributed by atoms with van der Waals surface area (Å²) < 4.78 is 0. The van der Waals surface area contributed by atoms with Gasteiger partial charge in [0.25, 0.3) is 0 Å². The van der Waals surface area contributed by atoms with Crippen LogP contribution in [-0.4, -0.2) is 13.0 Å². The van der Waals surface area contributed by atoms with Gasteiger partial charge < -0.3 is 10.6 Å². The van der Waals surface area contributed by atoms with Gasteiger partial charge in [0.05, 0.1) is 0 Å². The summed E-state index contributed by atoms with van der Waals surface area (Å²) in [5, 5.41) is 0. The van der Waals surface area contributed by atoms with Gasteiger partial charge in [-0.15, -0.1) is 0 Å². The first kappa shape index (κ1) is 12.7. The highest BCUT2D eigenvalue weighted by molar-refractivity contribution is 5.94. The Kier molecular flexibility index (Phi) is 4.50. The van der Waals surface area contributed by atoms with Crippen molar-refractivity contribution in [3.8, 4) is 0 Å². The van der Waals surface area contributed by atoms with Gasteiger partial charge in [-0.05, 0) is 24.1 Å². The van der Waals surface area contributed by atoms with Crippen molar-refractivity contribution in [3.05, 3.63) is 29.8 Å². The van der Waals surface area contributed by atoms with Crippen LogP contribution in [0.5, 0.6) is 0 Å². The zero-order valence-electron chi connectivity index (χ0n) is 10.2. The Morgan fingerprint density at radius 3 is 2.75 bits per heavy atom. The van der Waals surface area contributed by atoms with Crippen LogP contribution in [0.4, 0.5) is 5.69 Å². The fourth-order valence-corrected chi connectivity index (χ4v) is 1.52. The number of hydrogen-bond donors (Lipinski definition) is 1. The Hall–Kier alpha value is -1.35. The quantitative estimate of drug-likeness (QED) is 0.845. The summed E-state index contributed by atoms with van der Waals surface area (Å²) >= 11 is 0. The summed E-state index contributed by atoms with van der Waals surface area (Å²) in [5.74, 6) is 0.211. The molecule has 3 heteroatoms. The van der Waals surface area contributed by atoms with Gasteiger partial charge in [-0.25, -0.2) is 0 Å². The van der Waals surface area contributed by atoms with Crippen LogP contribution in [0.25, 0.3) is 0 Å². The van der Waals surface area contributed by atoms with Crippen LogP contribution in [-0.2, 0) is 11.3 Å². The lowest BCUT2D eigenvalue weighted by atomic mass is 10.1. The number of nitrogens with two attached hydrogens (primary N) is 1. The Morgan fingerprint density at radius 2 is 2.19 bits per heavy atom. The molecule has 0 saturated carbocycles. The maximum atomic E-state index is 12.0. The van der Waals surface area contributed by atoms with Crippen LogP contribution in [0, 0.1) is 5.92 Å². The van der Waals surface area contributed by atoms with Gasteiger partial charge in [-0.2, -0.15) is 0 Å². The largest absolute Gasteiger partial charge is 0.326 e. The Morgan fingerprint density at radius 1 is 1.50 bits per heavy atom. The molecule has 0 saturated heterocycles. The van der Waals surface area contributed by atoms with Gasteiger partial charge in [0.15, 0.2) is 0 Å². The van der Waals surface area contributed by atoms with Crippen molar-refractivity contribution < 1.29 is 4.79 Å². The zero-order chi connectivity index (χ0) is 12.1. The molecule has 0 radical (unpaired) electrons. The van der Waals surface area contributed by atoms with Crippen LogP contribution >= 0.6 is 0 Å². The van der Waals surface area contributed by atoms with Gasteiger partial charge in [-0.1, -0.05) is 26.0 Å². The molecule has 88 valence electrons. The maximum absolute atomic E-state index is 12.0. The summed E-state index contributed by atoms with van der Waals surface area (Å²) in [5.41, 5.74) is 7.53. The molecule has 16 heavy (non-hydrogen) atoms. The fourth-order valence-electron chi connectivity index (χ4n) is 1.52. The molecule has 1 unspecified atom stereocenters. The summed E-state index contributed by atoms with van der Waals surface area (Å²) in [6.07, 6.45) is 0.861. The van der Waals surface area contributed by atoms with Gasteiger partial charge in [0.1, 0.15) is 0 Å². The predicted octanol–water partition coefficient (Wildman–Crippen LogP) is 2.15. The van der Waals surface area contributed by atoms with Gasteiger partial charge in [0.2, 0.25) is 5.91 Å². The van der Waals surface area contributed by atoms with E-state index in [1.165, 1.54) is 0 Å². The Labute approximate surface area is 97.2 Å². The van der Waals surface area contributed by atoms with E-state index in [4.69, 9.17) is 5.73 Å². The van der Waals surface area contributed by atoms with Gasteiger partial charge in [-0.3, -0.25) is 4.79 Å². The van der Waals surface area contributed by atoms with Crippen molar-refractivity contribution in [2.45, 2.75) is 26.8 Å². The van der Waals surface area contributed by atoms with Crippen LogP contribution < -0.4 is 10.6 Å². The number of amides is 1. The van der Waals surface area contributed by atoms with Crippen LogP contribution in [0.15, 0.2) is 24.3 Å². The molecule has 1 amide bonds. The number of rotatable bonds is 4. The first-order valence-corrected chi connectivity index (χ1v) is 5.66. The minimum Gasteiger partial charge on any atom is -0.326 e. The molecule has 0 spiro atoms. The lowest BCUT2D eigenvalue weighted by molar-refractivity contribution is -0.121. The van der Waals surface area contributed by atoms with Crippen LogP contribution in [0.3, 0.4) is 0 Å². The molecule has 0 aliphatic heterocycles. The minimum atomic E-state index is 0.0616. The van der Waals surface area contributed by atoms with Gasteiger partial charge >= 0.3 is 0 Å². The SMILES string of the molecule is CCC(C)C(=O)N(C)c1cccc(CN)c1. The summed E-state index contributed by atoms with van der Waals surface area (Å²) in [7, 11) is 1.81. The van der Waals surface area contributed by atoms with E-state index >= 15 is 0 Å². The third-order valence-electron chi connectivity index (χ3n) is 2.90. The first-order valence-electron chi connectivity index (χ1n) is 5.66. The lowest BCUT2D eigenvalue weighted by Gasteiger charge is -2.21. The molecule has 0 aromatic heterocycles. The molecular formula is C13H20N2O. The third kappa shape index (κ3) is 2.83. The average Bonchev–Trinajstić information content (AvgIpc) is 2.36. The number of hydrogen-bond acceptors (Lipinski definition) is 2. The van der Waals surface area contributed by atoms with Crippen molar-refractivity contribution in [2.24, 2.45) is 11.7 Å². The van der Waals surface area contributed by atoms with Crippen molar-refractivity contribution in [1.82, 2.24) is 0 Å². The average molecular weight is 220 g/mol. The van der Waals surface area contributed by atoms with Crippen molar-refractivity contribution in [3.63, 3.8) is 0 Å². The summed E-state index contributed by atoms with van der Waals surface area (Å²) in [4.78, 5) is 13.7. The lowest BCUT2D eigenvalue weighted by Crippen LogP contribution is -2.31. The zero-order valence-corrected chi connectivity index (χ0v) is 10.2. The summed E-state index contributed by atoms with van der Waals surface area (Å²) in [6, 6.07) is 7.78. The highest BCUT2D eigenvalue weighted by atomic mass is 16.2. The molecule has 0 fully saturated rings. The molecule has 3 nitrogen and oxygen atoms in total. The van der Waals surface area contributed by atoms with Crippen molar-refractivity contribution >= 4 is 11.6 Å². The Bertz CT molecular complexity index is 363. The van der Waals surface area contributed by atoms with Crippen LogP contribution in [0.2, 0.25) is 0 Å². The number of nitrogens with zero attached hydrogens (tertiary/aromatic N) is 1. The Balaban J connectivity index is 2.87. The standard InChI is InChI=1S/C13H20N2O/c1-4-10(2)13(16)15(3)12-7-5-6-11(8-12)9-14/h5-8,10H,4,9,14H2,1-3H3.